The van der Waals surface area contributed by atoms with Crippen LogP contribution in [0.1, 0.15) is 23.2 Å². The third kappa shape index (κ3) is 3.33. The monoisotopic (exact) mass is 289 g/mol. The number of nitrogens with zero attached hydrogens (tertiary/aromatic N) is 4. The lowest BCUT2D eigenvalue weighted by Gasteiger charge is -2.32. The highest BCUT2D eigenvalue weighted by Gasteiger charge is 2.22. The van der Waals surface area contributed by atoms with Crippen LogP contribution in [0.4, 0.5) is 5.82 Å². The summed E-state index contributed by atoms with van der Waals surface area (Å²) in [5, 5.41) is 2.00. The number of anilines is 1. The fourth-order valence-electron chi connectivity index (χ4n) is 2.88. The van der Waals surface area contributed by atoms with Crippen LogP contribution < -0.4 is 10.3 Å². The molecule has 3 rings (SSSR count). The summed E-state index contributed by atoms with van der Waals surface area (Å²) in [5.41, 5.74) is 3.70. The Labute approximate surface area is 125 Å². The van der Waals surface area contributed by atoms with Gasteiger partial charge in [-0.1, -0.05) is 0 Å². The highest BCUT2D eigenvalue weighted by Crippen LogP contribution is 2.21. The van der Waals surface area contributed by atoms with E-state index in [4.69, 9.17) is 0 Å². The maximum atomic E-state index is 12.5. The summed E-state index contributed by atoms with van der Waals surface area (Å²) in [6.07, 6.45) is 4.12. The largest absolute Gasteiger partial charge is 0.356 e. The van der Waals surface area contributed by atoms with Crippen LogP contribution >= 0.6 is 0 Å². The van der Waals surface area contributed by atoms with Gasteiger partial charge in [-0.15, -0.1) is 0 Å². The lowest BCUT2D eigenvalue weighted by atomic mass is 10.2. The topological polar surface area (TPSA) is 51.7 Å². The number of hydrazine groups is 1. The van der Waals surface area contributed by atoms with Gasteiger partial charge < -0.3 is 9.80 Å². The second kappa shape index (κ2) is 6.41. The molecule has 0 saturated carbocycles. The highest BCUT2D eigenvalue weighted by atomic mass is 16.2. The third-order valence-corrected chi connectivity index (χ3v) is 4.20. The molecule has 2 saturated heterocycles. The number of carbonyl (C=O) groups is 1. The van der Waals surface area contributed by atoms with Gasteiger partial charge in [0.15, 0.2) is 0 Å². The van der Waals surface area contributed by atoms with Gasteiger partial charge in [-0.2, -0.15) is 0 Å². The maximum absolute atomic E-state index is 12.5. The Kier molecular flexibility index (Phi) is 4.36. The summed E-state index contributed by atoms with van der Waals surface area (Å²) in [6.45, 7) is 5.67. The van der Waals surface area contributed by atoms with Gasteiger partial charge in [0.2, 0.25) is 0 Å². The van der Waals surface area contributed by atoms with Gasteiger partial charge in [-0.25, -0.2) is 9.99 Å². The molecule has 1 amide bonds. The van der Waals surface area contributed by atoms with Crippen LogP contribution in [0.3, 0.4) is 0 Å². The first-order chi connectivity index (χ1) is 10.2. The van der Waals surface area contributed by atoms with E-state index >= 15 is 0 Å². The molecule has 3 heterocycles. The summed E-state index contributed by atoms with van der Waals surface area (Å²) in [5.74, 6) is 0.774. The average Bonchev–Trinajstić information content (AvgIpc) is 3.04. The Morgan fingerprint density at radius 3 is 2.57 bits per heavy atom. The summed E-state index contributed by atoms with van der Waals surface area (Å²) in [6, 6.07) is 3.70. The minimum atomic E-state index is -0.0467. The van der Waals surface area contributed by atoms with Crippen LogP contribution in [0, 0.1) is 0 Å². The molecule has 6 heteroatoms. The number of aromatic nitrogens is 1. The van der Waals surface area contributed by atoms with Gasteiger partial charge in [0, 0.05) is 45.5 Å². The smallest absolute Gasteiger partial charge is 0.269 e. The second-order valence-corrected chi connectivity index (χ2v) is 5.80. The van der Waals surface area contributed by atoms with E-state index in [2.05, 4.69) is 27.3 Å². The SMILES string of the molecule is CN1CCN(NC(=O)c2cccnc2N2CCCC2)CC1. The van der Waals surface area contributed by atoms with E-state index in [1.165, 1.54) is 12.8 Å². The molecular weight excluding hydrogens is 266 g/mol. The first-order valence-corrected chi connectivity index (χ1v) is 7.68. The van der Waals surface area contributed by atoms with Crippen molar-refractivity contribution in [2.45, 2.75) is 12.8 Å². The van der Waals surface area contributed by atoms with Crippen molar-refractivity contribution in [1.82, 2.24) is 20.3 Å². The molecule has 2 aliphatic rings. The van der Waals surface area contributed by atoms with Gasteiger partial charge >= 0.3 is 0 Å². The summed E-state index contributed by atoms with van der Waals surface area (Å²) in [4.78, 5) is 21.4. The van der Waals surface area contributed by atoms with E-state index in [0.29, 0.717) is 5.56 Å². The van der Waals surface area contributed by atoms with Gasteiger partial charge in [0.25, 0.3) is 5.91 Å². The zero-order valence-corrected chi connectivity index (χ0v) is 12.6. The highest BCUT2D eigenvalue weighted by molar-refractivity contribution is 5.98. The number of nitrogens with one attached hydrogen (secondary N) is 1. The second-order valence-electron chi connectivity index (χ2n) is 5.80. The quantitative estimate of drug-likeness (QED) is 0.882. The van der Waals surface area contributed by atoms with Crippen LogP contribution in [0.15, 0.2) is 18.3 Å². The molecule has 0 spiro atoms. The number of pyridine rings is 1. The molecule has 1 N–H and O–H groups in total. The van der Waals surface area contributed by atoms with E-state index in [-0.39, 0.29) is 5.91 Å². The predicted molar refractivity (Wildman–Crippen MR) is 82.2 cm³/mol. The van der Waals surface area contributed by atoms with Crippen molar-refractivity contribution in [3.63, 3.8) is 0 Å². The minimum absolute atomic E-state index is 0.0467. The van der Waals surface area contributed by atoms with Crippen LogP contribution in [0.5, 0.6) is 0 Å². The predicted octanol–water partition coefficient (Wildman–Crippen LogP) is 0.574. The number of rotatable bonds is 3. The maximum Gasteiger partial charge on any atom is 0.269 e. The molecule has 0 radical (unpaired) electrons. The van der Waals surface area contributed by atoms with Crippen LogP contribution in [0.25, 0.3) is 0 Å². The van der Waals surface area contributed by atoms with Gasteiger partial charge in [0.1, 0.15) is 5.82 Å². The standard InChI is InChI=1S/C15H23N5O/c1-18-9-11-20(12-10-18)17-15(21)13-5-4-6-16-14(13)19-7-2-3-8-19/h4-6H,2-3,7-12H2,1H3,(H,17,21). The van der Waals surface area contributed by atoms with Crippen molar-refractivity contribution in [3.8, 4) is 0 Å². The van der Waals surface area contributed by atoms with Crippen molar-refractivity contribution >= 4 is 11.7 Å². The Balaban J connectivity index is 1.69. The van der Waals surface area contributed by atoms with Crippen molar-refractivity contribution in [3.05, 3.63) is 23.9 Å². The van der Waals surface area contributed by atoms with Crippen molar-refractivity contribution in [1.29, 1.82) is 0 Å². The molecule has 2 aliphatic heterocycles. The molecule has 0 aromatic carbocycles. The number of hydrogen-bond acceptors (Lipinski definition) is 5. The Morgan fingerprint density at radius 2 is 1.86 bits per heavy atom. The fourth-order valence-corrected chi connectivity index (χ4v) is 2.88. The van der Waals surface area contributed by atoms with Crippen LogP contribution in [-0.4, -0.2) is 67.1 Å². The lowest BCUT2D eigenvalue weighted by molar-refractivity contribution is 0.0662. The Bertz CT molecular complexity index is 493. The van der Waals surface area contributed by atoms with E-state index in [1.54, 1.807) is 6.20 Å². The molecule has 0 aliphatic carbocycles. The zero-order valence-electron chi connectivity index (χ0n) is 12.6. The van der Waals surface area contributed by atoms with Crippen molar-refractivity contribution in [2.24, 2.45) is 0 Å². The third-order valence-electron chi connectivity index (χ3n) is 4.20. The zero-order chi connectivity index (χ0) is 14.7. The molecule has 0 unspecified atom stereocenters. The van der Waals surface area contributed by atoms with Gasteiger partial charge in [0.05, 0.1) is 5.56 Å². The first-order valence-electron chi connectivity index (χ1n) is 7.68. The molecular formula is C15H23N5O. The molecule has 2 fully saturated rings. The lowest BCUT2D eigenvalue weighted by Crippen LogP contribution is -2.52. The Morgan fingerprint density at radius 1 is 1.14 bits per heavy atom. The normalized spacial score (nSPS) is 20.7. The summed E-state index contributed by atoms with van der Waals surface area (Å²) < 4.78 is 0. The van der Waals surface area contributed by atoms with E-state index in [1.807, 2.05) is 17.1 Å². The molecule has 21 heavy (non-hydrogen) atoms. The van der Waals surface area contributed by atoms with Gasteiger partial charge in [-0.3, -0.25) is 10.2 Å². The number of carbonyl (C=O) groups excluding carboxylic acids is 1. The van der Waals surface area contributed by atoms with E-state index < -0.39 is 0 Å². The van der Waals surface area contributed by atoms with Crippen molar-refractivity contribution in [2.75, 3.05) is 51.2 Å². The van der Waals surface area contributed by atoms with E-state index in [9.17, 15) is 4.79 Å². The number of hydrogen-bond donors (Lipinski definition) is 1. The summed E-state index contributed by atoms with van der Waals surface area (Å²) in [7, 11) is 2.10. The summed E-state index contributed by atoms with van der Waals surface area (Å²) >= 11 is 0. The number of piperazine rings is 1. The molecule has 0 bridgehead atoms. The Hall–Kier alpha value is -1.66. The molecule has 1 aromatic heterocycles. The first kappa shape index (κ1) is 14.3. The number of amides is 1. The molecule has 6 nitrogen and oxygen atoms in total. The molecule has 0 atom stereocenters. The van der Waals surface area contributed by atoms with Crippen molar-refractivity contribution < 1.29 is 4.79 Å². The number of likely N-dealkylation sites (N-methyl/N-ethyl adjacent to an activating group) is 1. The molecule has 114 valence electrons. The van der Waals surface area contributed by atoms with Gasteiger partial charge in [-0.05, 0) is 32.0 Å². The van der Waals surface area contributed by atoms with Crippen LogP contribution in [0.2, 0.25) is 0 Å². The van der Waals surface area contributed by atoms with E-state index in [0.717, 1.165) is 45.1 Å². The fraction of sp³-hybridized carbons (Fsp3) is 0.600. The minimum Gasteiger partial charge on any atom is -0.356 e. The molecule has 1 aromatic rings. The average molecular weight is 289 g/mol. The van der Waals surface area contributed by atoms with Crippen LogP contribution in [-0.2, 0) is 0 Å².